The first kappa shape index (κ1) is 17.6. The number of halogens is 1. The van der Waals surface area contributed by atoms with Crippen molar-refractivity contribution in [1.82, 2.24) is 0 Å². The SMILES string of the molecule is C/C(=C(/C=O)c1ccc(C)c2c1CCC2)c1cc(F)ccc1C(C)C. The average molecular weight is 336 g/mol. The fraction of sp³-hybridized carbons (Fsp3) is 0.348. The molecule has 0 bridgehead atoms. The number of rotatable bonds is 4. The molecule has 0 radical (unpaired) electrons. The van der Waals surface area contributed by atoms with Crippen molar-refractivity contribution in [2.75, 3.05) is 0 Å². The zero-order valence-corrected chi connectivity index (χ0v) is 15.4. The minimum absolute atomic E-state index is 0.266. The first-order valence-electron chi connectivity index (χ1n) is 9.01. The highest BCUT2D eigenvalue weighted by Crippen LogP contribution is 2.36. The van der Waals surface area contributed by atoms with Gasteiger partial charge in [0.15, 0.2) is 6.29 Å². The van der Waals surface area contributed by atoms with E-state index in [1.165, 1.54) is 22.8 Å². The largest absolute Gasteiger partial charge is 0.298 e. The summed E-state index contributed by atoms with van der Waals surface area (Å²) in [6.45, 7) is 8.25. The van der Waals surface area contributed by atoms with Crippen molar-refractivity contribution in [2.45, 2.75) is 52.9 Å². The first-order chi connectivity index (χ1) is 11.9. The lowest BCUT2D eigenvalue weighted by Crippen LogP contribution is -2.01. The standard InChI is InChI=1S/C23H25FO/c1-14(2)18-11-9-17(24)12-22(18)16(4)23(13-25)21-10-8-15(3)19-6-5-7-20(19)21/h8-14H,5-7H2,1-4H3/b23-16+. The number of hydrogen-bond acceptors (Lipinski definition) is 1. The van der Waals surface area contributed by atoms with Gasteiger partial charge in [-0.05, 0) is 90.1 Å². The van der Waals surface area contributed by atoms with Crippen LogP contribution in [0.4, 0.5) is 4.39 Å². The zero-order chi connectivity index (χ0) is 18.1. The van der Waals surface area contributed by atoms with Gasteiger partial charge in [-0.15, -0.1) is 0 Å². The second-order valence-electron chi connectivity index (χ2n) is 7.28. The van der Waals surface area contributed by atoms with Gasteiger partial charge in [-0.1, -0.05) is 32.0 Å². The number of benzene rings is 2. The number of carbonyl (C=O) groups is 1. The molecule has 0 saturated heterocycles. The van der Waals surface area contributed by atoms with Gasteiger partial charge < -0.3 is 0 Å². The minimum atomic E-state index is -0.266. The second-order valence-corrected chi connectivity index (χ2v) is 7.28. The molecule has 130 valence electrons. The van der Waals surface area contributed by atoms with Crippen molar-refractivity contribution in [2.24, 2.45) is 0 Å². The number of carbonyl (C=O) groups excluding carboxylic acids is 1. The Bertz CT molecular complexity index is 859. The van der Waals surface area contributed by atoms with Gasteiger partial charge in [-0.25, -0.2) is 4.39 Å². The number of fused-ring (bicyclic) bond motifs is 1. The predicted octanol–water partition coefficient (Wildman–Crippen LogP) is 5.88. The molecule has 25 heavy (non-hydrogen) atoms. The number of hydrogen-bond donors (Lipinski definition) is 0. The predicted molar refractivity (Wildman–Crippen MR) is 102 cm³/mol. The highest BCUT2D eigenvalue weighted by molar-refractivity contribution is 6.17. The van der Waals surface area contributed by atoms with E-state index in [0.29, 0.717) is 5.57 Å². The Kier molecular flexibility index (Phi) is 4.89. The highest BCUT2D eigenvalue weighted by atomic mass is 19.1. The minimum Gasteiger partial charge on any atom is -0.298 e. The van der Waals surface area contributed by atoms with Crippen molar-refractivity contribution >= 4 is 17.4 Å². The third-order valence-corrected chi connectivity index (χ3v) is 5.37. The molecule has 1 aliphatic rings. The van der Waals surface area contributed by atoms with Gasteiger partial charge in [0.2, 0.25) is 0 Å². The van der Waals surface area contributed by atoms with Crippen LogP contribution in [0.5, 0.6) is 0 Å². The summed E-state index contributed by atoms with van der Waals surface area (Å²) in [5, 5.41) is 0. The molecule has 0 aliphatic heterocycles. The van der Waals surface area contributed by atoms with Crippen LogP contribution in [-0.4, -0.2) is 6.29 Å². The Morgan fingerprint density at radius 2 is 1.80 bits per heavy atom. The van der Waals surface area contributed by atoms with E-state index in [0.717, 1.165) is 47.8 Å². The summed E-state index contributed by atoms with van der Waals surface area (Å²) >= 11 is 0. The maximum atomic E-state index is 13.9. The van der Waals surface area contributed by atoms with Crippen molar-refractivity contribution in [1.29, 1.82) is 0 Å². The monoisotopic (exact) mass is 336 g/mol. The van der Waals surface area contributed by atoms with Crippen molar-refractivity contribution in [3.63, 3.8) is 0 Å². The van der Waals surface area contributed by atoms with Gasteiger partial charge in [0.1, 0.15) is 5.82 Å². The van der Waals surface area contributed by atoms with Crippen LogP contribution in [0, 0.1) is 12.7 Å². The maximum Gasteiger partial charge on any atom is 0.150 e. The van der Waals surface area contributed by atoms with Crippen LogP contribution in [0.3, 0.4) is 0 Å². The van der Waals surface area contributed by atoms with Gasteiger partial charge in [0, 0.05) is 5.57 Å². The Morgan fingerprint density at radius 1 is 1.08 bits per heavy atom. The van der Waals surface area contributed by atoms with Crippen LogP contribution in [0.2, 0.25) is 0 Å². The van der Waals surface area contributed by atoms with E-state index in [4.69, 9.17) is 0 Å². The van der Waals surface area contributed by atoms with Gasteiger partial charge in [0.05, 0.1) is 0 Å². The number of aldehydes is 1. The lowest BCUT2D eigenvalue weighted by atomic mass is 9.87. The van der Waals surface area contributed by atoms with Crippen LogP contribution >= 0.6 is 0 Å². The quantitative estimate of drug-likeness (QED) is 0.387. The summed E-state index contributed by atoms with van der Waals surface area (Å²) in [5.41, 5.74) is 8.45. The molecule has 1 aliphatic carbocycles. The molecule has 0 atom stereocenters. The fourth-order valence-electron chi connectivity index (χ4n) is 3.99. The molecule has 0 spiro atoms. The van der Waals surface area contributed by atoms with E-state index in [1.54, 1.807) is 6.07 Å². The lowest BCUT2D eigenvalue weighted by molar-refractivity contribution is -0.103. The number of aryl methyl sites for hydroxylation is 1. The van der Waals surface area contributed by atoms with E-state index in [-0.39, 0.29) is 11.7 Å². The molecule has 0 N–H and O–H groups in total. The molecule has 2 heteroatoms. The fourth-order valence-corrected chi connectivity index (χ4v) is 3.99. The summed E-state index contributed by atoms with van der Waals surface area (Å²) in [5.74, 6) is 0.000295. The van der Waals surface area contributed by atoms with Gasteiger partial charge in [-0.2, -0.15) is 0 Å². The summed E-state index contributed by atoms with van der Waals surface area (Å²) in [7, 11) is 0. The first-order valence-corrected chi connectivity index (χ1v) is 9.01. The summed E-state index contributed by atoms with van der Waals surface area (Å²) in [6.07, 6.45) is 4.16. The van der Waals surface area contributed by atoms with Gasteiger partial charge in [0.25, 0.3) is 0 Å². The zero-order valence-electron chi connectivity index (χ0n) is 15.4. The van der Waals surface area contributed by atoms with E-state index in [2.05, 4.69) is 32.9 Å². The molecular weight excluding hydrogens is 311 g/mol. The van der Waals surface area contributed by atoms with Gasteiger partial charge >= 0.3 is 0 Å². The van der Waals surface area contributed by atoms with Crippen LogP contribution in [-0.2, 0) is 17.6 Å². The average Bonchev–Trinajstić information content (AvgIpc) is 3.07. The van der Waals surface area contributed by atoms with Crippen LogP contribution in [0.1, 0.15) is 66.5 Å². The molecule has 0 saturated carbocycles. The Balaban J connectivity index is 2.24. The van der Waals surface area contributed by atoms with E-state index in [1.807, 2.05) is 13.0 Å². The van der Waals surface area contributed by atoms with Crippen molar-refractivity contribution in [3.8, 4) is 0 Å². The smallest absolute Gasteiger partial charge is 0.150 e. The molecule has 0 fully saturated rings. The molecule has 2 aromatic carbocycles. The lowest BCUT2D eigenvalue weighted by Gasteiger charge is -2.17. The molecule has 2 aromatic rings. The topological polar surface area (TPSA) is 17.1 Å². The van der Waals surface area contributed by atoms with Crippen LogP contribution in [0.25, 0.3) is 11.1 Å². The molecular formula is C23H25FO. The summed E-state index contributed by atoms with van der Waals surface area (Å²) in [6, 6.07) is 9.05. The van der Waals surface area contributed by atoms with Crippen molar-refractivity contribution < 1.29 is 9.18 Å². The third-order valence-electron chi connectivity index (χ3n) is 5.37. The Labute approximate surface area is 149 Å². The van der Waals surface area contributed by atoms with E-state index in [9.17, 15) is 9.18 Å². The second kappa shape index (κ2) is 6.95. The maximum absolute atomic E-state index is 13.9. The van der Waals surface area contributed by atoms with E-state index < -0.39 is 0 Å². The molecule has 0 aromatic heterocycles. The van der Waals surface area contributed by atoms with Crippen LogP contribution < -0.4 is 0 Å². The molecule has 0 unspecified atom stereocenters. The summed E-state index contributed by atoms with van der Waals surface area (Å²) < 4.78 is 13.9. The van der Waals surface area contributed by atoms with E-state index >= 15 is 0 Å². The molecule has 0 amide bonds. The molecule has 0 heterocycles. The Morgan fingerprint density at radius 3 is 2.48 bits per heavy atom. The van der Waals surface area contributed by atoms with Gasteiger partial charge in [-0.3, -0.25) is 4.79 Å². The molecule has 3 rings (SSSR count). The Hall–Kier alpha value is -2.22. The normalized spacial score (nSPS) is 14.5. The van der Waals surface area contributed by atoms with Crippen molar-refractivity contribution in [3.05, 3.63) is 69.5 Å². The molecule has 1 nitrogen and oxygen atoms in total. The number of allylic oxidation sites excluding steroid dienone is 2. The summed E-state index contributed by atoms with van der Waals surface area (Å²) in [4.78, 5) is 12.0. The highest BCUT2D eigenvalue weighted by Gasteiger charge is 2.21. The van der Waals surface area contributed by atoms with Crippen LogP contribution in [0.15, 0.2) is 30.3 Å². The third kappa shape index (κ3) is 3.18.